The molecule has 0 rings (SSSR count). The van der Waals surface area contributed by atoms with Crippen molar-refractivity contribution in [2.75, 3.05) is 7.11 Å². The van der Waals surface area contributed by atoms with E-state index in [-0.39, 0.29) is 6.10 Å². The number of hydrogen-bond acceptors (Lipinski definition) is 1. The Morgan fingerprint density at radius 3 is 2.42 bits per heavy atom. The summed E-state index contributed by atoms with van der Waals surface area (Å²) in [5.74, 6) is 0. The van der Waals surface area contributed by atoms with E-state index in [2.05, 4.69) is 6.92 Å². The highest BCUT2D eigenvalue weighted by atomic mass is 16.5. The van der Waals surface area contributed by atoms with Gasteiger partial charge in [0.05, 0.1) is 6.10 Å². The van der Waals surface area contributed by atoms with E-state index in [1.54, 1.807) is 7.11 Å². The third-order valence-corrected chi connectivity index (χ3v) is 2.24. The normalized spacial score (nSPS) is 16.0. The average Bonchev–Trinajstić information content (AvgIpc) is 2.10. The van der Waals surface area contributed by atoms with E-state index in [9.17, 15) is 5.11 Å². The van der Waals surface area contributed by atoms with Crippen LogP contribution >= 0.6 is 0 Å². The Labute approximate surface area is 75.9 Å². The van der Waals surface area contributed by atoms with Crippen LogP contribution in [0.25, 0.3) is 0 Å². The summed E-state index contributed by atoms with van der Waals surface area (Å²) in [4.78, 5) is 0. The standard InChI is InChI=1S/C10H21O2/c1-4-5-6-7-8-10(11)9(2)12-3/h9-10H,4-8H2,1-3H3. The molecule has 0 aliphatic carbocycles. The number of unbranched alkanes of at least 4 members (excludes halogenated alkanes) is 3. The molecule has 2 atom stereocenters. The summed E-state index contributed by atoms with van der Waals surface area (Å²) in [7, 11) is 1.60. The monoisotopic (exact) mass is 173 g/mol. The molecule has 2 heteroatoms. The van der Waals surface area contributed by atoms with Crippen molar-refractivity contribution in [2.24, 2.45) is 0 Å². The van der Waals surface area contributed by atoms with E-state index in [0.717, 1.165) is 12.8 Å². The van der Waals surface area contributed by atoms with Crippen LogP contribution in [0, 0.1) is 0 Å². The van der Waals surface area contributed by atoms with Crippen LogP contribution in [-0.2, 0) is 9.84 Å². The summed E-state index contributed by atoms with van der Waals surface area (Å²) in [5.41, 5.74) is 0. The van der Waals surface area contributed by atoms with Crippen LogP contribution < -0.4 is 0 Å². The molecular formula is C10H21O2. The molecule has 0 aliphatic heterocycles. The summed E-state index contributed by atoms with van der Waals surface area (Å²) in [6, 6.07) is 0. The van der Waals surface area contributed by atoms with Gasteiger partial charge >= 0.3 is 0 Å². The van der Waals surface area contributed by atoms with Crippen molar-refractivity contribution >= 4 is 0 Å². The van der Waals surface area contributed by atoms with Crippen LogP contribution in [0.1, 0.15) is 46.0 Å². The van der Waals surface area contributed by atoms with Gasteiger partial charge in [-0.15, -0.1) is 0 Å². The fraction of sp³-hybridized carbons (Fsp3) is 1.00. The van der Waals surface area contributed by atoms with Crippen LogP contribution in [0.2, 0.25) is 0 Å². The molecule has 0 saturated carbocycles. The largest absolute Gasteiger partial charge is 0.379 e. The Balaban J connectivity index is 3.24. The summed E-state index contributed by atoms with van der Waals surface area (Å²) in [6.45, 7) is 4.02. The molecule has 1 radical (unpaired) electrons. The third kappa shape index (κ3) is 5.56. The molecule has 0 aliphatic rings. The second-order valence-electron chi connectivity index (χ2n) is 3.33. The zero-order chi connectivity index (χ0) is 9.40. The van der Waals surface area contributed by atoms with Gasteiger partial charge in [-0.3, -0.25) is 0 Å². The van der Waals surface area contributed by atoms with Crippen LogP contribution in [-0.4, -0.2) is 19.3 Å². The smallest absolute Gasteiger partial charge is 0.119 e. The van der Waals surface area contributed by atoms with Gasteiger partial charge in [0, 0.05) is 7.11 Å². The number of hydrogen-bond donors (Lipinski definition) is 0. The van der Waals surface area contributed by atoms with Crippen LogP contribution in [0.5, 0.6) is 0 Å². The van der Waals surface area contributed by atoms with E-state index in [4.69, 9.17) is 4.74 Å². The molecule has 0 aromatic carbocycles. The van der Waals surface area contributed by atoms with E-state index in [1.807, 2.05) is 6.92 Å². The zero-order valence-corrected chi connectivity index (χ0v) is 8.51. The molecule has 0 aromatic heterocycles. The minimum absolute atomic E-state index is 0.133. The van der Waals surface area contributed by atoms with Gasteiger partial charge in [-0.05, 0) is 13.3 Å². The molecule has 0 saturated heterocycles. The van der Waals surface area contributed by atoms with Gasteiger partial charge in [0.15, 0.2) is 0 Å². The summed E-state index contributed by atoms with van der Waals surface area (Å²) >= 11 is 0. The molecule has 0 bridgehead atoms. The fourth-order valence-corrected chi connectivity index (χ4v) is 1.16. The highest BCUT2D eigenvalue weighted by Crippen LogP contribution is 2.09. The van der Waals surface area contributed by atoms with Gasteiger partial charge in [-0.25, -0.2) is 5.11 Å². The van der Waals surface area contributed by atoms with Gasteiger partial charge < -0.3 is 4.74 Å². The van der Waals surface area contributed by atoms with Gasteiger partial charge in [-0.2, -0.15) is 0 Å². The minimum atomic E-state index is -0.535. The summed E-state index contributed by atoms with van der Waals surface area (Å²) in [6.07, 6.45) is 4.80. The van der Waals surface area contributed by atoms with Crippen molar-refractivity contribution in [2.45, 2.75) is 58.2 Å². The van der Waals surface area contributed by atoms with E-state index in [0.29, 0.717) is 0 Å². The maximum Gasteiger partial charge on any atom is 0.119 e. The lowest BCUT2D eigenvalue weighted by Gasteiger charge is -2.14. The zero-order valence-electron chi connectivity index (χ0n) is 8.51. The van der Waals surface area contributed by atoms with Crippen LogP contribution in [0.3, 0.4) is 0 Å². The van der Waals surface area contributed by atoms with E-state index in [1.165, 1.54) is 19.3 Å². The van der Waals surface area contributed by atoms with Gasteiger partial charge in [-0.1, -0.05) is 32.6 Å². The maximum atomic E-state index is 11.3. The summed E-state index contributed by atoms with van der Waals surface area (Å²) in [5, 5.41) is 11.3. The SMILES string of the molecule is CCCCCCC([O])C(C)OC. The Morgan fingerprint density at radius 2 is 1.92 bits per heavy atom. The van der Waals surface area contributed by atoms with Crippen LogP contribution in [0.15, 0.2) is 0 Å². The first-order valence-electron chi connectivity index (χ1n) is 4.91. The molecule has 0 aromatic rings. The minimum Gasteiger partial charge on any atom is -0.379 e. The van der Waals surface area contributed by atoms with Crippen molar-refractivity contribution in [3.63, 3.8) is 0 Å². The van der Waals surface area contributed by atoms with Crippen molar-refractivity contribution in [1.29, 1.82) is 0 Å². The van der Waals surface area contributed by atoms with Crippen molar-refractivity contribution in [3.8, 4) is 0 Å². The van der Waals surface area contributed by atoms with Gasteiger partial charge in [0.1, 0.15) is 6.10 Å². The fourth-order valence-electron chi connectivity index (χ4n) is 1.16. The van der Waals surface area contributed by atoms with Crippen molar-refractivity contribution in [3.05, 3.63) is 0 Å². The Hall–Kier alpha value is -0.0800. The van der Waals surface area contributed by atoms with E-state index < -0.39 is 6.10 Å². The molecule has 0 heterocycles. The average molecular weight is 173 g/mol. The molecule has 0 spiro atoms. The number of methoxy groups -OCH3 is 1. The maximum absolute atomic E-state index is 11.3. The summed E-state index contributed by atoms with van der Waals surface area (Å²) < 4.78 is 4.96. The molecule has 0 fully saturated rings. The molecule has 0 N–H and O–H groups in total. The second kappa shape index (κ2) is 7.56. The molecular weight excluding hydrogens is 152 g/mol. The van der Waals surface area contributed by atoms with Gasteiger partial charge in [0.2, 0.25) is 0 Å². The highest BCUT2D eigenvalue weighted by Gasteiger charge is 2.13. The molecule has 73 valence electrons. The molecule has 2 unspecified atom stereocenters. The first kappa shape index (κ1) is 11.9. The first-order valence-corrected chi connectivity index (χ1v) is 4.91. The van der Waals surface area contributed by atoms with Crippen molar-refractivity contribution in [1.82, 2.24) is 0 Å². The second-order valence-corrected chi connectivity index (χ2v) is 3.33. The highest BCUT2D eigenvalue weighted by molar-refractivity contribution is 4.62. The van der Waals surface area contributed by atoms with E-state index >= 15 is 0 Å². The Morgan fingerprint density at radius 1 is 1.25 bits per heavy atom. The molecule has 0 amide bonds. The third-order valence-electron chi connectivity index (χ3n) is 2.24. The Bertz CT molecular complexity index is 93.8. The molecule has 2 nitrogen and oxygen atoms in total. The van der Waals surface area contributed by atoms with Crippen LogP contribution in [0.4, 0.5) is 0 Å². The number of ether oxygens (including phenoxy) is 1. The quantitative estimate of drug-likeness (QED) is 0.544. The number of rotatable bonds is 7. The Kier molecular flexibility index (Phi) is 7.51. The lowest BCUT2D eigenvalue weighted by Crippen LogP contribution is -2.23. The first-order chi connectivity index (χ1) is 5.72. The predicted molar refractivity (Wildman–Crippen MR) is 49.7 cm³/mol. The lowest BCUT2D eigenvalue weighted by molar-refractivity contribution is -0.0432. The topological polar surface area (TPSA) is 29.1 Å². The lowest BCUT2D eigenvalue weighted by atomic mass is 10.1. The molecule has 12 heavy (non-hydrogen) atoms. The van der Waals surface area contributed by atoms with Gasteiger partial charge in [0.25, 0.3) is 0 Å². The van der Waals surface area contributed by atoms with Crippen molar-refractivity contribution < 1.29 is 9.84 Å². The predicted octanol–water partition coefficient (Wildman–Crippen LogP) is 2.79.